The summed E-state index contributed by atoms with van der Waals surface area (Å²) in [5.74, 6) is -0.0152. The van der Waals surface area contributed by atoms with Crippen molar-refractivity contribution >= 4 is 38.7 Å². The molecular formula is C19H16F3N3S. The van der Waals surface area contributed by atoms with E-state index in [1.807, 2.05) is 36.6 Å². The average Bonchev–Trinajstić information content (AvgIpc) is 3.13. The van der Waals surface area contributed by atoms with Gasteiger partial charge in [-0.1, -0.05) is 6.58 Å². The first-order valence-electron chi connectivity index (χ1n) is 7.77. The van der Waals surface area contributed by atoms with Crippen LogP contribution in [0.1, 0.15) is 13.8 Å². The van der Waals surface area contributed by atoms with Crippen LogP contribution in [0.4, 0.5) is 18.9 Å². The molecule has 1 aliphatic heterocycles. The zero-order chi connectivity index (χ0) is 18.9. The molecule has 0 saturated carbocycles. The van der Waals surface area contributed by atoms with Gasteiger partial charge < -0.3 is 5.32 Å². The lowest BCUT2D eigenvalue weighted by molar-refractivity contribution is -0.0920. The topological polar surface area (TPSA) is 36.8 Å². The van der Waals surface area contributed by atoms with E-state index in [1.165, 1.54) is 4.70 Å². The van der Waals surface area contributed by atoms with Crippen LogP contribution < -0.4 is 5.32 Å². The zero-order valence-corrected chi connectivity index (χ0v) is 15.0. The smallest absolute Gasteiger partial charge is 0.359 e. The van der Waals surface area contributed by atoms with Crippen molar-refractivity contribution in [2.24, 2.45) is 9.98 Å². The van der Waals surface area contributed by atoms with E-state index in [4.69, 9.17) is 0 Å². The molecule has 0 saturated heterocycles. The zero-order valence-electron chi connectivity index (χ0n) is 14.2. The predicted octanol–water partition coefficient (Wildman–Crippen LogP) is 6.09. The molecule has 0 radical (unpaired) electrons. The molecule has 7 heteroatoms. The summed E-state index contributed by atoms with van der Waals surface area (Å²) in [4.78, 5) is 7.66. The van der Waals surface area contributed by atoms with E-state index in [0.29, 0.717) is 5.71 Å². The van der Waals surface area contributed by atoms with Crippen molar-refractivity contribution in [2.45, 2.75) is 20.0 Å². The maximum atomic E-state index is 12.7. The van der Waals surface area contributed by atoms with E-state index in [2.05, 4.69) is 21.9 Å². The van der Waals surface area contributed by atoms with E-state index < -0.39 is 11.9 Å². The quantitative estimate of drug-likeness (QED) is 0.647. The van der Waals surface area contributed by atoms with Gasteiger partial charge in [0.25, 0.3) is 0 Å². The number of amidine groups is 1. The average molecular weight is 375 g/mol. The van der Waals surface area contributed by atoms with Gasteiger partial charge in [0.15, 0.2) is 5.84 Å². The van der Waals surface area contributed by atoms with Crippen LogP contribution in [0.2, 0.25) is 0 Å². The fourth-order valence-corrected chi connectivity index (χ4v) is 3.28. The first-order chi connectivity index (χ1) is 12.2. The van der Waals surface area contributed by atoms with Gasteiger partial charge in [-0.15, -0.1) is 11.3 Å². The highest BCUT2D eigenvalue weighted by molar-refractivity contribution is 7.17. The lowest BCUT2D eigenvalue weighted by Crippen LogP contribution is -2.08. The van der Waals surface area contributed by atoms with Gasteiger partial charge in [0, 0.05) is 27.4 Å². The minimum absolute atomic E-state index is 0.0152. The number of fused-ring (bicyclic) bond motifs is 1. The molecule has 0 bridgehead atoms. The van der Waals surface area contributed by atoms with Crippen molar-refractivity contribution in [1.82, 2.24) is 0 Å². The number of thiophene rings is 1. The summed E-state index contributed by atoms with van der Waals surface area (Å²) < 4.78 is 39.3. The molecule has 2 heterocycles. The van der Waals surface area contributed by atoms with Gasteiger partial charge in [-0.2, -0.15) is 13.2 Å². The fraction of sp³-hybridized carbons (Fsp3) is 0.158. The standard InChI is InChI=1S/C19H16F3N3S/c1-11-8-17(19(20,21)22)25-18(11)24-13(3)9-12(2)23-15-4-5-16-14(10-15)6-7-26-16/h4-10,23H,1H2,2-3H3/b12-9+,24-13-. The van der Waals surface area contributed by atoms with Crippen molar-refractivity contribution in [1.29, 1.82) is 0 Å². The second-order valence-corrected chi connectivity index (χ2v) is 6.81. The van der Waals surface area contributed by atoms with Crippen LogP contribution in [-0.4, -0.2) is 17.7 Å². The number of hydrogen-bond donors (Lipinski definition) is 1. The predicted molar refractivity (Wildman–Crippen MR) is 103 cm³/mol. The van der Waals surface area contributed by atoms with E-state index >= 15 is 0 Å². The molecule has 0 spiro atoms. The summed E-state index contributed by atoms with van der Waals surface area (Å²) in [6.45, 7) is 7.14. The van der Waals surface area contributed by atoms with E-state index in [-0.39, 0.29) is 11.4 Å². The Labute approximate surface area is 153 Å². The molecule has 26 heavy (non-hydrogen) atoms. The highest BCUT2D eigenvalue weighted by Crippen LogP contribution is 2.31. The molecule has 1 aromatic carbocycles. The molecule has 0 atom stereocenters. The van der Waals surface area contributed by atoms with E-state index in [1.54, 1.807) is 24.3 Å². The molecule has 1 aromatic heterocycles. The van der Waals surface area contributed by atoms with Crippen LogP contribution in [0.15, 0.2) is 75.3 Å². The Morgan fingerprint density at radius 2 is 2.04 bits per heavy atom. The third-order valence-electron chi connectivity index (χ3n) is 3.62. The highest BCUT2D eigenvalue weighted by atomic mass is 32.1. The molecule has 3 nitrogen and oxygen atoms in total. The van der Waals surface area contributed by atoms with Crippen LogP contribution in [0.5, 0.6) is 0 Å². The number of allylic oxidation sites excluding steroid dienone is 3. The van der Waals surface area contributed by atoms with Crippen molar-refractivity contribution in [3.05, 3.63) is 65.3 Å². The fourth-order valence-electron chi connectivity index (χ4n) is 2.51. The molecule has 134 valence electrons. The van der Waals surface area contributed by atoms with Crippen molar-refractivity contribution in [3.63, 3.8) is 0 Å². The Kier molecular flexibility index (Phi) is 4.82. The van der Waals surface area contributed by atoms with Gasteiger partial charge >= 0.3 is 6.18 Å². The number of nitrogens with zero attached hydrogens (tertiary/aromatic N) is 2. The van der Waals surface area contributed by atoms with Crippen molar-refractivity contribution in [3.8, 4) is 0 Å². The Morgan fingerprint density at radius 1 is 1.27 bits per heavy atom. The number of aliphatic imine (C=N–C) groups is 2. The molecule has 0 unspecified atom stereocenters. The summed E-state index contributed by atoms with van der Waals surface area (Å²) >= 11 is 1.68. The monoisotopic (exact) mass is 375 g/mol. The first-order valence-corrected chi connectivity index (χ1v) is 8.65. The number of benzene rings is 1. The molecule has 3 rings (SSSR count). The maximum absolute atomic E-state index is 12.7. The number of halogens is 3. The summed E-state index contributed by atoms with van der Waals surface area (Å²) in [5.41, 5.74) is 1.45. The lowest BCUT2D eigenvalue weighted by atomic mass is 10.2. The minimum atomic E-state index is -4.50. The minimum Gasteiger partial charge on any atom is -0.359 e. The molecular weight excluding hydrogens is 359 g/mol. The molecule has 1 aliphatic rings. The van der Waals surface area contributed by atoms with Crippen LogP contribution in [0.25, 0.3) is 10.1 Å². The third kappa shape index (κ3) is 4.11. The number of alkyl halides is 3. The highest BCUT2D eigenvalue weighted by Gasteiger charge is 2.36. The SMILES string of the molecule is C=C1C=C(C(F)(F)F)N=C1/N=C(C)\C=C(/C)Nc1ccc2sccc2c1. The van der Waals surface area contributed by atoms with Gasteiger partial charge in [-0.05, 0) is 61.0 Å². The Morgan fingerprint density at radius 3 is 2.73 bits per heavy atom. The Hall–Kier alpha value is -2.67. The van der Waals surface area contributed by atoms with Gasteiger partial charge in [-0.3, -0.25) is 0 Å². The van der Waals surface area contributed by atoms with Crippen molar-refractivity contribution < 1.29 is 13.2 Å². The van der Waals surface area contributed by atoms with Crippen LogP contribution in [0.3, 0.4) is 0 Å². The summed E-state index contributed by atoms with van der Waals surface area (Å²) in [5, 5.41) is 6.44. The summed E-state index contributed by atoms with van der Waals surface area (Å²) in [6.07, 6.45) is -1.85. The number of nitrogens with one attached hydrogen (secondary N) is 1. The second kappa shape index (κ2) is 6.92. The summed E-state index contributed by atoms with van der Waals surface area (Å²) in [6, 6.07) is 8.10. The van der Waals surface area contributed by atoms with Crippen molar-refractivity contribution in [2.75, 3.05) is 5.32 Å². The molecule has 0 fully saturated rings. The lowest BCUT2D eigenvalue weighted by Gasteiger charge is -2.07. The molecule has 0 amide bonds. The van der Waals surface area contributed by atoms with Gasteiger partial charge in [0.2, 0.25) is 0 Å². The molecule has 1 N–H and O–H groups in total. The number of hydrogen-bond acceptors (Lipinski definition) is 4. The third-order valence-corrected chi connectivity index (χ3v) is 4.51. The Balaban J connectivity index is 1.74. The number of rotatable bonds is 3. The van der Waals surface area contributed by atoms with Crippen LogP contribution in [-0.2, 0) is 0 Å². The van der Waals surface area contributed by atoms with Crippen LogP contribution >= 0.6 is 11.3 Å². The normalized spacial score (nSPS) is 16.1. The molecule has 0 aliphatic carbocycles. The van der Waals surface area contributed by atoms with E-state index in [9.17, 15) is 13.2 Å². The number of anilines is 1. The molecule has 2 aromatic rings. The van der Waals surface area contributed by atoms with E-state index in [0.717, 1.165) is 22.8 Å². The first kappa shape index (κ1) is 18.1. The van der Waals surface area contributed by atoms with Gasteiger partial charge in [0.05, 0.1) is 0 Å². The van der Waals surface area contributed by atoms with Gasteiger partial charge in [-0.25, -0.2) is 9.98 Å². The second-order valence-electron chi connectivity index (χ2n) is 5.87. The largest absolute Gasteiger partial charge is 0.433 e. The van der Waals surface area contributed by atoms with Crippen LogP contribution in [0, 0.1) is 0 Å². The van der Waals surface area contributed by atoms with Gasteiger partial charge in [0.1, 0.15) is 5.70 Å². The summed E-state index contributed by atoms with van der Waals surface area (Å²) in [7, 11) is 0. The Bertz CT molecular complexity index is 991. The maximum Gasteiger partial charge on any atom is 0.433 e.